The Morgan fingerprint density at radius 3 is 2.32 bits per heavy atom. The molecule has 0 bridgehead atoms. The lowest BCUT2D eigenvalue weighted by molar-refractivity contribution is -0.142. The third-order valence-corrected chi connectivity index (χ3v) is 3.10. The van der Waals surface area contributed by atoms with Gasteiger partial charge in [-0.25, -0.2) is 4.79 Å². The van der Waals surface area contributed by atoms with E-state index in [0.29, 0.717) is 10.8 Å². The summed E-state index contributed by atoms with van der Waals surface area (Å²) in [4.78, 5) is 21.8. The number of aliphatic carboxylic acids is 1. The van der Waals surface area contributed by atoms with Crippen molar-refractivity contribution in [3.05, 3.63) is 28.3 Å². The first kappa shape index (κ1) is 15.3. The number of hydrogen-bond donors (Lipinski definition) is 2. The minimum Gasteiger partial charge on any atom is -0.491 e. The van der Waals surface area contributed by atoms with Crippen molar-refractivity contribution in [1.82, 2.24) is 5.32 Å². The maximum atomic E-state index is 10.9. The van der Waals surface area contributed by atoms with Gasteiger partial charge in [0.1, 0.15) is 12.4 Å². The Morgan fingerprint density at radius 1 is 1.37 bits per heavy atom. The summed E-state index contributed by atoms with van der Waals surface area (Å²) in [5.41, 5.74) is 1.70. The van der Waals surface area contributed by atoms with Gasteiger partial charge in [0.2, 0.25) is 5.91 Å². The summed E-state index contributed by atoms with van der Waals surface area (Å²) in [5, 5.41) is 11.9. The van der Waals surface area contributed by atoms with Gasteiger partial charge < -0.3 is 15.2 Å². The van der Waals surface area contributed by atoms with E-state index in [2.05, 4.69) is 5.32 Å². The molecule has 0 aromatic heterocycles. The highest BCUT2D eigenvalue weighted by molar-refractivity contribution is 6.32. The maximum Gasteiger partial charge on any atom is 0.329 e. The average Bonchev–Trinajstić information content (AvgIpc) is 2.30. The van der Waals surface area contributed by atoms with Gasteiger partial charge in [0.25, 0.3) is 0 Å². The van der Waals surface area contributed by atoms with E-state index in [1.54, 1.807) is 12.1 Å². The lowest BCUT2D eigenvalue weighted by atomic mass is 10.1. The van der Waals surface area contributed by atoms with E-state index in [0.717, 1.165) is 11.1 Å². The largest absolute Gasteiger partial charge is 0.491 e. The van der Waals surface area contributed by atoms with E-state index in [1.807, 2.05) is 13.8 Å². The molecule has 2 N–H and O–H groups in total. The SMILES string of the molecule is CC(=O)NC(COc1cc(C)c(Cl)c(C)c1)C(=O)O. The molecule has 0 spiro atoms. The highest BCUT2D eigenvalue weighted by Crippen LogP contribution is 2.25. The predicted octanol–water partition coefficient (Wildman–Crippen LogP) is 1.92. The number of rotatable bonds is 5. The summed E-state index contributed by atoms with van der Waals surface area (Å²) < 4.78 is 5.39. The fraction of sp³-hybridized carbons (Fsp3) is 0.385. The second kappa shape index (κ2) is 6.43. The molecule has 0 aliphatic rings. The average molecular weight is 286 g/mol. The molecule has 6 heteroatoms. The molecule has 0 saturated heterocycles. The molecule has 0 heterocycles. The quantitative estimate of drug-likeness (QED) is 0.867. The normalized spacial score (nSPS) is 11.8. The molecule has 1 atom stereocenters. The molecular formula is C13H16ClNO4. The number of carbonyl (C=O) groups excluding carboxylic acids is 1. The van der Waals surface area contributed by atoms with Gasteiger partial charge in [0, 0.05) is 11.9 Å². The molecule has 1 aromatic carbocycles. The molecule has 5 nitrogen and oxygen atoms in total. The van der Waals surface area contributed by atoms with E-state index in [4.69, 9.17) is 21.4 Å². The summed E-state index contributed by atoms with van der Waals surface area (Å²) >= 11 is 6.02. The zero-order valence-electron chi connectivity index (χ0n) is 11.0. The molecule has 19 heavy (non-hydrogen) atoms. The first-order valence-electron chi connectivity index (χ1n) is 5.70. The molecular weight excluding hydrogens is 270 g/mol. The van der Waals surface area contributed by atoms with Crippen molar-refractivity contribution in [2.24, 2.45) is 0 Å². The molecule has 0 aliphatic heterocycles. The number of halogens is 1. The number of carboxylic acids is 1. The van der Waals surface area contributed by atoms with Crippen LogP contribution in [0.4, 0.5) is 0 Å². The molecule has 1 aromatic rings. The Kier molecular flexibility index (Phi) is 5.18. The number of carboxylic acid groups (broad SMARTS) is 1. The number of benzene rings is 1. The summed E-state index contributed by atoms with van der Waals surface area (Å²) in [6.07, 6.45) is 0. The summed E-state index contributed by atoms with van der Waals surface area (Å²) in [6, 6.07) is 2.37. The molecule has 1 rings (SSSR count). The first-order chi connectivity index (χ1) is 8.81. The Balaban J connectivity index is 2.74. The van der Waals surface area contributed by atoms with Gasteiger partial charge in [-0.15, -0.1) is 0 Å². The first-order valence-corrected chi connectivity index (χ1v) is 6.08. The van der Waals surface area contributed by atoms with Crippen LogP contribution in [0.15, 0.2) is 12.1 Å². The van der Waals surface area contributed by atoms with Crippen molar-refractivity contribution < 1.29 is 19.4 Å². The highest BCUT2D eigenvalue weighted by Gasteiger charge is 2.19. The lowest BCUT2D eigenvalue weighted by Gasteiger charge is -2.15. The number of ether oxygens (including phenoxy) is 1. The standard InChI is InChI=1S/C13H16ClNO4/c1-7-4-10(5-8(2)12(7)14)19-6-11(13(17)18)15-9(3)16/h4-5,11H,6H2,1-3H3,(H,15,16)(H,17,18). The van der Waals surface area contributed by atoms with Crippen molar-refractivity contribution in [3.63, 3.8) is 0 Å². The Hall–Kier alpha value is -1.75. The molecule has 1 unspecified atom stereocenters. The van der Waals surface area contributed by atoms with Crippen molar-refractivity contribution in [1.29, 1.82) is 0 Å². The molecule has 1 amide bonds. The van der Waals surface area contributed by atoms with Crippen LogP contribution in [0.1, 0.15) is 18.1 Å². The van der Waals surface area contributed by atoms with Gasteiger partial charge in [0.15, 0.2) is 6.04 Å². The van der Waals surface area contributed by atoms with Gasteiger partial charge >= 0.3 is 5.97 Å². The van der Waals surface area contributed by atoms with Crippen molar-refractivity contribution >= 4 is 23.5 Å². The minimum absolute atomic E-state index is 0.143. The Morgan fingerprint density at radius 2 is 1.89 bits per heavy atom. The van der Waals surface area contributed by atoms with Crippen molar-refractivity contribution in [3.8, 4) is 5.75 Å². The number of nitrogens with one attached hydrogen (secondary N) is 1. The molecule has 0 saturated carbocycles. The van der Waals surface area contributed by atoms with E-state index >= 15 is 0 Å². The third-order valence-electron chi connectivity index (χ3n) is 2.50. The van der Waals surface area contributed by atoms with Crippen LogP contribution in [0.25, 0.3) is 0 Å². The zero-order valence-corrected chi connectivity index (χ0v) is 11.7. The van der Waals surface area contributed by atoms with Crippen LogP contribution >= 0.6 is 11.6 Å². The summed E-state index contributed by atoms with van der Waals surface area (Å²) in [7, 11) is 0. The monoisotopic (exact) mass is 285 g/mol. The second-order valence-electron chi connectivity index (χ2n) is 4.27. The fourth-order valence-electron chi connectivity index (χ4n) is 1.59. The van der Waals surface area contributed by atoms with Crippen LogP contribution in [-0.4, -0.2) is 29.6 Å². The smallest absolute Gasteiger partial charge is 0.329 e. The van der Waals surface area contributed by atoms with Gasteiger partial charge in [-0.3, -0.25) is 4.79 Å². The van der Waals surface area contributed by atoms with Crippen LogP contribution in [0.5, 0.6) is 5.75 Å². The van der Waals surface area contributed by atoms with Crippen LogP contribution in [-0.2, 0) is 9.59 Å². The Labute approximate surface area is 116 Å². The van der Waals surface area contributed by atoms with Crippen LogP contribution < -0.4 is 10.1 Å². The summed E-state index contributed by atoms with van der Waals surface area (Å²) in [5.74, 6) is -1.03. The topological polar surface area (TPSA) is 75.6 Å². The number of hydrogen-bond acceptors (Lipinski definition) is 3. The van der Waals surface area contributed by atoms with E-state index in [9.17, 15) is 9.59 Å². The molecule has 0 radical (unpaired) electrons. The second-order valence-corrected chi connectivity index (χ2v) is 4.65. The minimum atomic E-state index is -1.14. The highest BCUT2D eigenvalue weighted by atomic mass is 35.5. The van der Waals surface area contributed by atoms with Crippen LogP contribution in [0.3, 0.4) is 0 Å². The van der Waals surface area contributed by atoms with E-state index in [1.165, 1.54) is 6.92 Å². The number of carbonyl (C=O) groups is 2. The molecule has 104 valence electrons. The number of aryl methyl sites for hydroxylation is 2. The Bertz CT molecular complexity index is 478. The lowest BCUT2D eigenvalue weighted by Crippen LogP contribution is -2.43. The fourth-order valence-corrected chi connectivity index (χ4v) is 1.70. The van der Waals surface area contributed by atoms with E-state index in [-0.39, 0.29) is 6.61 Å². The zero-order chi connectivity index (χ0) is 14.6. The summed E-state index contributed by atoms with van der Waals surface area (Å²) in [6.45, 7) is 4.79. The van der Waals surface area contributed by atoms with Crippen LogP contribution in [0.2, 0.25) is 5.02 Å². The van der Waals surface area contributed by atoms with Gasteiger partial charge in [-0.05, 0) is 37.1 Å². The van der Waals surface area contributed by atoms with Crippen molar-refractivity contribution in [2.75, 3.05) is 6.61 Å². The number of amides is 1. The predicted molar refractivity (Wildman–Crippen MR) is 71.7 cm³/mol. The van der Waals surface area contributed by atoms with Gasteiger partial charge in [-0.1, -0.05) is 11.6 Å². The van der Waals surface area contributed by atoms with Crippen molar-refractivity contribution in [2.45, 2.75) is 26.8 Å². The maximum absolute atomic E-state index is 10.9. The third kappa shape index (κ3) is 4.44. The van der Waals surface area contributed by atoms with Gasteiger partial charge in [-0.2, -0.15) is 0 Å². The van der Waals surface area contributed by atoms with Crippen LogP contribution in [0, 0.1) is 13.8 Å². The molecule has 0 fully saturated rings. The molecule has 0 aliphatic carbocycles. The van der Waals surface area contributed by atoms with Gasteiger partial charge in [0.05, 0.1) is 0 Å². The van der Waals surface area contributed by atoms with E-state index < -0.39 is 17.9 Å².